The van der Waals surface area contributed by atoms with Gasteiger partial charge in [-0.3, -0.25) is 4.57 Å². The molecule has 5 nitrogen and oxygen atoms in total. The number of nitrogens with one attached hydrogen (secondary N) is 1. The molecule has 0 aliphatic heterocycles. The number of benzene rings is 2. The van der Waals surface area contributed by atoms with Gasteiger partial charge in [0.05, 0.1) is 23.8 Å². The van der Waals surface area contributed by atoms with Crippen molar-refractivity contribution in [2.45, 2.75) is 0 Å². The van der Waals surface area contributed by atoms with Crippen molar-refractivity contribution in [2.75, 3.05) is 12.8 Å². The SMILES string of the molecule is COc1cc(N)ccc1-n1c(=O)[nH]c2ccccc21. The highest BCUT2D eigenvalue weighted by Crippen LogP contribution is 2.26. The molecule has 2 aromatic carbocycles. The van der Waals surface area contributed by atoms with Gasteiger partial charge in [0.15, 0.2) is 0 Å². The van der Waals surface area contributed by atoms with E-state index in [-0.39, 0.29) is 5.69 Å². The van der Waals surface area contributed by atoms with Crippen LogP contribution in [0.5, 0.6) is 5.75 Å². The Morgan fingerprint density at radius 1 is 1.21 bits per heavy atom. The molecule has 0 saturated heterocycles. The second-order valence-electron chi connectivity index (χ2n) is 4.21. The van der Waals surface area contributed by atoms with Crippen molar-refractivity contribution in [3.05, 3.63) is 52.9 Å². The van der Waals surface area contributed by atoms with Crippen molar-refractivity contribution in [1.29, 1.82) is 0 Å². The van der Waals surface area contributed by atoms with Gasteiger partial charge in [0.1, 0.15) is 5.75 Å². The lowest BCUT2D eigenvalue weighted by Gasteiger charge is -2.10. The second-order valence-corrected chi connectivity index (χ2v) is 4.21. The summed E-state index contributed by atoms with van der Waals surface area (Å²) in [5, 5.41) is 0. The highest BCUT2D eigenvalue weighted by Gasteiger charge is 2.12. The largest absolute Gasteiger partial charge is 0.494 e. The number of rotatable bonds is 2. The lowest BCUT2D eigenvalue weighted by Crippen LogP contribution is -2.15. The number of hydrogen-bond donors (Lipinski definition) is 2. The zero-order valence-electron chi connectivity index (χ0n) is 10.4. The Kier molecular flexibility index (Phi) is 2.52. The van der Waals surface area contributed by atoms with E-state index in [0.29, 0.717) is 17.1 Å². The smallest absolute Gasteiger partial charge is 0.331 e. The predicted octanol–water partition coefficient (Wildman–Crippen LogP) is 1.91. The fourth-order valence-corrected chi connectivity index (χ4v) is 2.17. The van der Waals surface area contributed by atoms with Gasteiger partial charge >= 0.3 is 5.69 Å². The molecule has 5 heteroatoms. The maximum Gasteiger partial charge on any atom is 0.331 e. The minimum absolute atomic E-state index is 0.204. The number of anilines is 1. The van der Waals surface area contributed by atoms with Gasteiger partial charge in [-0.2, -0.15) is 0 Å². The van der Waals surface area contributed by atoms with E-state index in [1.54, 1.807) is 29.9 Å². The average molecular weight is 255 g/mol. The van der Waals surface area contributed by atoms with Crippen molar-refractivity contribution >= 4 is 16.7 Å². The van der Waals surface area contributed by atoms with Gasteiger partial charge in [-0.05, 0) is 24.3 Å². The van der Waals surface area contributed by atoms with Crippen LogP contribution in [-0.4, -0.2) is 16.7 Å². The molecule has 1 aromatic heterocycles. The number of nitrogens with zero attached hydrogens (tertiary/aromatic N) is 1. The van der Waals surface area contributed by atoms with Crippen LogP contribution in [0.25, 0.3) is 16.7 Å². The topological polar surface area (TPSA) is 73.0 Å². The molecule has 0 unspecified atom stereocenters. The molecule has 0 spiro atoms. The lowest BCUT2D eigenvalue weighted by molar-refractivity contribution is 0.413. The van der Waals surface area contributed by atoms with Crippen molar-refractivity contribution in [1.82, 2.24) is 9.55 Å². The third kappa shape index (κ3) is 1.76. The predicted molar refractivity (Wildman–Crippen MR) is 74.9 cm³/mol. The summed E-state index contributed by atoms with van der Waals surface area (Å²) in [6.07, 6.45) is 0. The lowest BCUT2D eigenvalue weighted by atomic mass is 10.2. The average Bonchev–Trinajstić information content (AvgIpc) is 2.74. The van der Waals surface area contributed by atoms with Gasteiger partial charge in [0.25, 0.3) is 0 Å². The number of imidazole rings is 1. The minimum atomic E-state index is -0.204. The fourth-order valence-electron chi connectivity index (χ4n) is 2.17. The number of ether oxygens (including phenoxy) is 1. The van der Waals surface area contributed by atoms with Crippen molar-refractivity contribution in [2.24, 2.45) is 0 Å². The van der Waals surface area contributed by atoms with E-state index in [0.717, 1.165) is 11.0 Å². The van der Waals surface area contributed by atoms with Crippen LogP contribution in [0.15, 0.2) is 47.3 Å². The number of methoxy groups -OCH3 is 1. The third-order valence-corrected chi connectivity index (χ3v) is 3.03. The quantitative estimate of drug-likeness (QED) is 0.687. The summed E-state index contributed by atoms with van der Waals surface area (Å²) in [7, 11) is 1.55. The number of aromatic amines is 1. The molecule has 3 aromatic rings. The molecule has 19 heavy (non-hydrogen) atoms. The number of nitrogen functional groups attached to an aromatic ring is 1. The van der Waals surface area contributed by atoms with Crippen LogP contribution in [0.2, 0.25) is 0 Å². The molecule has 0 radical (unpaired) electrons. The van der Waals surface area contributed by atoms with E-state index in [1.807, 2.05) is 24.3 Å². The van der Waals surface area contributed by atoms with Crippen LogP contribution < -0.4 is 16.2 Å². The molecule has 3 rings (SSSR count). The maximum atomic E-state index is 12.1. The Morgan fingerprint density at radius 3 is 2.79 bits per heavy atom. The van der Waals surface area contributed by atoms with Crippen molar-refractivity contribution in [3.63, 3.8) is 0 Å². The van der Waals surface area contributed by atoms with Crippen LogP contribution in [0, 0.1) is 0 Å². The first-order chi connectivity index (χ1) is 9.20. The Hall–Kier alpha value is -2.69. The number of hydrogen-bond acceptors (Lipinski definition) is 3. The molecule has 0 fully saturated rings. The first kappa shape index (κ1) is 11.4. The van der Waals surface area contributed by atoms with Gasteiger partial charge in [-0.1, -0.05) is 12.1 Å². The number of fused-ring (bicyclic) bond motifs is 1. The highest BCUT2D eigenvalue weighted by molar-refractivity contribution is 5.78. The molecule has 96 valence electrons. The van der Waals surface area contributed by atoms with Gasteiger partial charge in [-0.25, -0.2) is 4.79 Å². The van der Waals surface area contributed by atoms with E-state index in [9.17, 15) is 4.79 Å². The third-order valence-electron chi connectivity index (χ3n) is 3.03. The number of aromatic nitrogens is 2. The monoisotopic (exact) mass is 255 g/mol. The number of nitrogens with two attached hydrogens (primary N) is 1. The summed E-state index contributed by atoms with van der Waals surface area (Å²) in [6, 6.07) is 12.7. The first-order valence-corrected chi connectivity index (χ1v) is 5.84. The van der Waals surface area contributed by atoms with Gasteiger partial charge in [-0.15, -0.1) is 0 Å². The molecular weight excluding hydrogens is 242 g/mol. The second kappa shape index (κ2) is 4.20. The molecule has 0 saturated carbocycles. The summed E-state index contributed by atoms with van der Waals surface area (Å²) in [5.41, 5.74) is 8.37. The van der Waals surface area contributed by atoms with E-state index in [4.69, 9.17) is 10.5 Å². The van der Waals surface area contributed by atoms with Gasteiger partial charge < -0.3 is 15.5 Å². The van der Waals surface area contributed by atoms with Crippen molar-refractivity contribution in [3.8, 4) is 11.4 Å². The summed E-state index contributed by atoms with van der Waals surface area (Å²) in [5.74, 6) is 0.562. The fraction of sp³-hybridized carbons (Fsp3) is 0.0714. The number of H-pyrrole nitrogens is 1. The first-order valence-electron chi connectivity index (χ1n) is 5.84. The summed E-state index contributed by atoms with van der Waals surface area (Å²) < 4.78 is 6.88. The van der Waals surface area contributed by atoms with E-state index >= 15 is 0 Å². The molecule has 0 amide bonds. The molecule has 0 bridgehead atoms. The Balaban J connectivity index is 2.36. The molecule has 3 N–H and O–H groups in total. The van der Waals surface area contributed by atoms with Crippen molar-refractivity contribution < 1.29 is 4.74 Å². The van der Waals surface area contributed by atoms with Crippen LogP contribution in [-0.2, 0) is 0 Å². The van der Waals surface area contributed by atoms with Crippen LogP contribution in [0.4, 0.5) is 5.69 Å². The van der Waals surface area contributed by atoms with Gasteiger partial charge in [0, 0.05) is 11.8 Å². The molecular formula is C14H13N3O2. The van der Waals surface area contributed by atoms with E-state index < -0.39 is 0 Å². The van der Waals surface area contributed by atoms with E-state index in [1.165, 1.54) is 0 Å². The Morgan fingerprint density at radius 2 is 2.00 bits per heavy atom. The normalized spacial score (nSPS) is 10.8. The summed E-state index contributed by atoms with van der Waals surface area (Å²) in [6.45, 7) is 0. The zero-order valence-corrected chi connectivity index (χ0v) is 10.4. The Labute approximate surface area is 109 Å². The molecule has 0 atom stereocenters. The zero-order chi connectivity index (χ0) is 13.4. The number of para-hydroxylation sites is 2. The highest BCUT2D eigenvalue weighted by atomic mass is 16.5. The molecule has 0 aliphatic rings. The van der Waals surface area contributed by atoms with E-state index in [2.05, 4.69) is 4.98 Å². The standard InChI is InChI=1S/C14H13N3O2/c1-19-13-8-9(15)6-7-12(13)17-11-5-3-2-4-10(11)16-14(17)18/h2-8H,15H2,1H3,(H,16,18). The summed E-state index contributed by atoms with van der Waals surface area (Å²) in [4.78, 5) is 14.9. The van der Waals surface area contributed by atoms with Crippen LogP contribution in [0.1, 0.15) is 0 Å². The van der Waals surface area contributed by atoms with Crippen LogP contribution >= 0.6 is 0 Å². The molecule has 0 aliphatic carbocycles. The Bertz CT molecular complexity index is 802. The van der Waals surface area contributed by atoms with Gasteiger partial charge in [0.2, 0.25) is 0 Å². The maximum absolute atomic E-state index is 12.1. The molecule has 1 heterocycles. The minimum Gasteiger partial charge on any atom is -0.494 e. The summed E-state index contributed by atoms with van der Waals surface area (Å²) >= 11 is 0. The van der Waals surface area contributed by atoms with Crippen LogP contribution in [0.3, 0.4) is 0 Å².